The second-order valence-corrected chi connectivity index (χ2v) is 13.7. The minimum absolute atomic E-state index is 0.0256. The van der Waals surface area contributed by atoms with Gasteiger partial charge in [-0.15, -0.1) is 0 Å². The summed E-state index contributed by atoms with van der Waals surface area (Å²) >= 11 is 0. The molecule has 244 valence electrons. The first-order valence-electron chi connectivity index (χ1n) is 16.6. The number of halogens is 3. The van der Waals surface area contributed by atoms with Gasteiger partial charge in [-0.3, -0.25) is 4.99 Å². The van der Waals surface area contributed by atoms with E-state index in [4.69, 9.17) is 0 Å². The molecule has 8 heteroatoms. The van der Waals surface area contributed by atoms with Crippen molar-refractivity contribution in [3.8, 4) is 0 Å². The summed E-state index contributed by atoms with van der Waals surface area (Å²) in [6.07, 6.45) is 10.0. The molecule has 0 spiro atoms. The van der Waals surface area contributed by atoms with E-state index in [0.717, 1.165) is 76.2 Å². The summed E-state index contributed by atoms with van der Waals surface area (Å²) in [5.74, 6) is 1.92. The molecule has 5 nitrogen and oxygen atoms in total. The van der Waals surface area contributed by atoms with Gasteiger partial charge in [-0.25, -0.2) is 4.99 Å². The summed E-state index contributed by atoms with van der Waals surface area (Å²) in [7, 11) is 0. The highest BCUT2D eigenvalue weighted by atomic mass is 19.4. The largest absolute Gasteiger partial charge is 0.434 e. The molecule has 5 heterocycles. The van der Waals surface area contributed by atoms with E-state index in [0.29, 0.717) is 30.1 Å². The maximum absolute atomic E-state index is 14.3. The summed E-state index contributed by atoms with van der Waals surface area (Å²) in [6.45, 7) is 25.5. The number of nitrogens with zero attached hydrogens (tertiary/aromatic N) is 5. The van der Waals surface area contributed by atoms with E-state index in [-0.39, 0.29) is 17.5 Å². The number of allylic oxidation sites excluding steroid dienone is 6. The molecule has 0 saturated carbocycles. The van der Waals surface area contributed by atoms with Crippen molar-refractivity contribution in [1.29, 1.82) is 0 Å². The van der Waals surface area contributed by atoms with Crippen LogP contribution in [-0.4, -0.2) is 78.1 Å². The Kier molecular flexibility index (Phi) is 10.00. The van der Waals surface area contributed by atoms with E-state index in [1.54, 1.807) is 6.08 Å². The van der Waals surface area contributed by atoms with Gasteiger partial charge in [0.25, 0.3) is 0 Å². The van der Waals surface area contributed by atoms with Crippen molar-refractivity contribution in [1.82, 2.24) is 14.7 Å². The monoisotopic (exact) mass is 621 g/mol. The third kappa shape index (κ3) is 7.25. The number of rotatable bonds is 6. The Balaban J connectivity index is 1.34. The van der Waals surface area contributed by atoms with Gasteiger partial charge in [0.2, 0.25) is 0 Å². The van der Waals surface area contributed by atoms with Gasteiger partial charge in [0.15, 0.2) is 5.71 Å². The molecule has 2 fully saturated rings. The Morgan fingerprint density at radius 3 is 2.56 bits per heavy atom. The second kappa shape index (κ2) is 13.6. The highest BCUT2D eigenvalue weighted by Crippen LogP contribution is 2.41. The van der Waals surface area contributed by atoms with Crippen LogP contribution in [0.4, 0.5) is 13.2 Å². The van der Waals surface area contributed by atoms with Gasteiger partial charge in [0.05, 0.1) is 0 Å². The number of likely N-dealkylation sites (tertiary alicyclic amines) is 2. The van der Waals surface area contributed by atoms with Crippen molar-refractivity contribution in [3.63, 3.8) is 0 Å². The van der Waals surface area contributed by atoms with Crippen LogP contribution in [0.15, 0.2) is 93.5 Å². The average Bonchev–Trinajstić information content (AvgIpc) is 3.22. The Bertz CT molecular complexity index is 1370. The molecule has 0 amide bonds. The van der Waals surface area contributed by atoms with Gasteiger partial charge < -0.3 is 14.7 Å². The highest BCUT2D eigenvalue weighted by molar-refractivity contribution is 6.07. The molecule has 0 N–H and O–H groups in total. The van der Waals surface area contributed by atoms with Crippen LogP contribution in [0.1, 0.15) is 59.8 Å². The number of hydrogen-bond acceptors (Lipinski definition) is 5. The van der Waals surface area contributed by atoms with Gasteiger partial charge in [-0.1, -0.05) is 50.8 Å². The third-order valence-corrected chi connectivity index (χ3v) is 10.6. The van der Waals surface area contributed by atoms with Crippen LogP contribution in [0.5, 0.6) is 0 Å². The quantitative estimate of drug-likeness (QED) is 0.222. The summed E-state index contributed by atoms with van der Waals surface area (Å²) in [5, 5.41) is 0. The molecule has 5 rings (SSSR count). The normalized spacial score (nSPS) is 30.2. The SMILES string of the molecule is C=CC(=C)N1CC/C=C(\C2CN(C3=CC(=C)C(C(F)(F)F)=NC(N4CCC(C5=C(C)C=NCC(C)C5)[C@H](C)C4C)=C3)C2)CCC1. The van der Waals surface area contributed by atoms with Crippen LogP contribution in [0.25, 0.3) is 0 Å². The van der Waals surface area contributed by atoms with E-state index in [1.807, 2.05) is 18.4 Å². The number of piperidine rings is 1. The second-order valence-electron chi connectivity index (χ2n) is 13.7. The third-order valence-electron chi connectivity index (χ3n) is 10.6. The fraction of sp³-hybridized carbons (Fsp3) is 0.568. The van der Waals surface area contributed by atoms with Crippen LogP contribution in [-0.2, 0) is 0 Å². The fourth-order valence-electron chi connectivity index (χ4n) is 7.70. The predicted molar refractivity (Wildman–Crippen MR) is 180 cm³/mol. The smallest absolute Gasteiger partial charge is 0.372 e. The molecule has 5 aliphatic rings. The average molecular weight is 622 g/mol. The zero-order valence-electron chi connectivity index (χ0n) is 27.5. The van der Waals surface area contributed by atoms with Crippen molar-refractivity contribution in [2.45, 2.75) is 72.0 Å². The van der Waals surface area contributed by atoms with Gasteiger partial charge in [-0.2, -0.15) is 13.2 Å². The van der Waals surface area contributed by atoms with E-state index >= 15 is 0 Å². The predicted octanol–water partition coefficient (Wildman–Crippen LogP) is 8.10. The van der Waals surface area contributed by atoms with Gasteiger partial charge in [0.1, 0.15) is 5.82 Å². The van der Waals surface area contributed by atoms with Crippen molar-refractivity contribution in [3.05, 3.63) is 83.5 Å². The molecule has 0 radical (unpaired) electrons. The first-order chi connectivity index (χ1) is 21.4. The van der Waals surface area contributed by atoms with Crippen LogP contribution in [0, 0.1) is 23.7 Å². The van der Waals surface area contributed by atoms with Crippen LogP contribution >= 0.6 is 0 Å². The van der Waals surface area contributed by atoms with Gasteiger partial charge in [-0.05, 0) is 81.4 Å². The van der Waals surface area contributed by atoms with Crippen molar-refractivity contribution >= 4 is 11.9 Å². The molecule has 0 bridgehead atoms. The molecule has 2 saturated heterocycles. The van der Waals surface area contributed by atoms with Crippen LogP contribution in [0.2, 0.25) is 0 Å². The lowest BCUT2D eigenvalue weighted by molar-refractivity contribution is -0.0583. The van der Waals surface area contributed by atoms with Gasteiger partial charge >= 0.3 is 6.18 Å². The van der Waals surface area contributed by atoms with Crippen molar-refractivity contribution in [2.24, 2.45) is 33.7 Å². The molecular weight excluding hydrogens is 571 g/mol. The number of alkyl halides is 3. The van der Waals surface area contributed by atoms with Crippen LogP contribution in [0.3, 0.4) is 0 Å². The lowest BCUT2D eigenvalue weighted by Crippen LogP contribution is -2.48. The number of hydrogen-bond donors (Lipinski definition) is 0. The van der Waals surface area contributed by atoms with E-state index in [2.05, 4.69) is 78.2 Å². The van der Waals surface area contributed by atoms with Crippen molar-refractivity contribution in [2.75, 3.05) is 39.3 Å². The Morgan fingerprint density at radius 2 is 1.84 bits per heavy atom. The highest BCUT2D eigenvalue weighted by Gasteiger charge is 2.42. The molecule has 0 aliphatic carbocycles. The minimum atomic E-state index is -4.58. The summed E-state index contributed by atoms with van der Waals surface area (Å²) in [5.41, 5.74) is 4.93. The Hall–Kier alpha value is -3.29. The van der Waals surface area contributed by atoms with E-state index in [9.17, 15) is 13.2 Å². The maximum atomic E-state index is 14.3. The topological polar surface area (TPSA) is 34.4 Å². The molecule has 5 aliphatic heterocycles. The fourth-order valence-corrected chi connectivity index (χ4v) is 7.70. The zero-order chi connectivity index (χ0) is 32.5. The molecule has 0 aromatic carbocycles. The Morgan fingerprint density at radius 1 is 1.09 bits per heavy atom. The van der Waals surface area contributed by atoms with Crippen LogP contribution < -0.4 is 0 Å². The first-order valence-corrected chi connectivity index (χ1v) is 16.6. The lowest BCUT2D eigenvalue weighted by Gasteiger charge is -2.46. The minimum Gasteiger partial charge on any atom is -0.372 e. The molecule has 45 heavy (non-hydrogen) atoms. The summed E-state index contributed by atoms with van der Waals surface area (Å²) in [6, 6.07) is 0.0256. The summed E-state index contributed by atoms with van der Waals surface area (Å²) in [4.78, 5) is 15.5. The van der Waals surface area contributed by atoms with Gasteiger partial charge in [0, 0.05) is 80.5 Å². The standard InChI is InChI=1S/C37H50F3N5/c1-8-27(5)43-14-9-11-30(12-10-15-43)31-22-44(23-31)32-18-25(3)36(37(38,39)40)42-35(19-32)45-16-13-33(28(6)29(45)7)34-17-24(2)20-41-21-26(34)4/h8,11,18-19,21,24,28-29,31,33H,1,3,5,9-10,12-17,20,22-23H2,2,4,6-7H3/b30-11-/t24?,28-,29?,33?/m1/s1. The number of aliphatic imine (C=N–C) groups is 2. The maximum Gasteiger partial charge on any atom is 0.434 e. The molecule has 3 unspecified atom stereocenters. The van der Waals surface area contributed by atoms with E-state index in [1.165, 1.54) is 16.7 Å². The molecule has 0 aromatic rings. The van der Waals surface area contributed by atoms with E-state index < -0.39 is 11.9 Å². The molecule has 4 atom stereocenters. The zero-order valence-corrected chi connectivity index (χ0v) is 27.5. The van der Waals surface area contributed by atoms with Crippen molar-refractivity contribution < 1.29 is 13.2 Å². The summed E-state index contributed by atoms with van der Waals surface area (Å²) < 4.78 is 42.9. The lowest BCUT2D eigenvalue weighted by atomic mass is 9.73. The first kappa shape index (κ1) is 33.1. The Labute approximate surface area is 268 Å². The molecule has 0 aromatic heterocycles. The molecular formula is C37H50F3N5.